The monoisotopic (exact) mass is 315 g/mol. The first-order chi connectivity index (χ1) is 11.0. The van der Waals surface area contributed by atoms with E-state index in [2.05, 4.69) is 24.8 Å². The summed E-state index contributed by atoms with van der Waals surface area (Å²) in [5, 5.41) is 3.05. The van der Waals surface area contributed by atoms with E-state index in [9.17, 15) is 9.59 Å². The minimum Gasteiger partial charge on any atom is -0.352 e. The van der Waals surface area contributed by atoms with Crippen LogP contribution in [-0.4, -0.2) is 31.5 Å². The summed E-state index contributed by atoms with van der Waals surface area (Å²) in [6.07, 6.45) is 6.20. The van der Waals surface area contributed by atoms with Gasteiger partial charge >= 0.3 is 0 Å². The van der Waals surface area contributed by atoms with Gasteiger partial charge in [0, 0.05) is 49.1 Å². The summed E-state index contributed by atoms with van der Waals surface area (Å²) in [7, 11) is 0. The number of nitrogens with one attached hydrogen (secondary N) is 2. The maximum atomic E-state index is 12.2. The van der Waals surface area contributed by atoms with E-state index in [0.29, 0.717) is 29.9 Å². The summed E-state index contributed by atoms with van der Waals surface area (Å²) < 4.78 is 2.08. The van der Waals surface area contributed by atoms with Crippen molar-refractivity contribution in [3.8, 4) is 0 Å². The number of H-pyrrole nitrogens is 1. The molecule has 2 aromatic heterocycles. The van der Waals surface area contributed by atoms with Crippen LogP contribution in [0.5, 0.6) is 0 Å². The van der Waals surface area contributed by atoms with Gasteiger partial charge in [0.05, 0.1) is 0 Å². The SMILES string of the molecule is Cc1nc(C)c(CCC(=O)N[C@@H]2CCc3nccn3C2)c(=O)[nH]1. The molecule has 23 heavy (non-hydrogen) atoms. The smallest absolute Gasteiger partial charge is 0.254 e. The van der Waals surface area contributed by atoms with Gasteiger partial charge < -0.3 is 14.9 Å². The standard InChI is InChI=1S/C16H21N5O2/c1-10-13(16(23)19-11(2)18-10)4-6-15(22)20-12-3-5-14-17-7-8-21(14)9-12/h7-8,12H,3-6,9H2,1-2H3,(H,20,22)(H,18,19,23)/t12-/m1/s1. The molecule has 1 aliphatic heterocycles. The van der Waals surface area contributed by atoms with E-state index in [-0.39, 0.29) is 17.5 Å². The molecule has 0 fully saturated rings. The van der Waals surface area contributed by atoms with Crippen molar-refractivity contribution in [1.82, 2.24) is 24.8 Å². The Bertz CT molecular complexity index is 777. The zero-order chi connectivity index (χ0) is 16.4. The van der Waals surface area contributed by atoms with Crippen molar-refractivity contribution in [2.75, 3.05) is 0 Å². The normalized spacial score (nSPS) is 16.9. The van der Waals surface area contributed by atoms with Crippen LogP contribution in [0.2, 0.25) is 0 Å². The Morgan fingerprint density at radius 3 is 3.09 bits per heavy atom. The predicted molar refractivity (Wildman–Crippen MR) is 85.1 cm³/mol. The number of amides is 1. The Balaban J connectivity index is 1.56. The lowest BCUT2D eigenvalue weighted by Gasteiger charge is -2.24. The van der Waals surface area contributed by atoms with Crippen molar-refractivity contribution >= 4 is 5.91 Å². The van der Waals surface area contributed by atoms with E-state index in [4.69, 9.17) is 0 Å². The van der Waals surface area contributed by atoms with Gasteiger partial charge in [0.25, 0.3) is 5.56 Å². The van der Waals surface area contributed by atoms with Crippen LogP contribution in [0.3, 0.4) is 0 Å². The minimum absolute atomic E-state index is 0.0297. The summed E-state index contributed by atoms with van der Waals surface area (Å²) in [6.45, 7) is 4.31. The highest BCUT2D eigenvalue weighted by molar-refractivity contribution is 5.76. The second-order valence-electron chi connectivity index (χ2n) is 6.01. The molecule has 1 atom stereocenters. The Morgan fingerprint density at radius 1 is 1.48 bits per heavy atom. The zero-order valence-electron chi connectivity index (χ0n) is 13.4. The van der Waals surface area contributed by atoms with Crippen LogP contribution in [-0.2, 0) is 24.2 Å². The number of hydrogen-bond donors (Lipinski definition) is 2. The highest BCUT2D eigenvalue weighted by Gasteiger charge is 2.20. The molecule has 0 bridgehead atoms. The average Bonchev–Trinajstić information content (AvgIpc) is 2.93. The van der Waals surface area contributed by atoms with Gasteiger partial charge in [-0.1, -0.05) is 0 Å². The number of carbonyl (C=O) groups is 1. The van der Waals surface area contributed by atoms with Crippen molar-refractivity contribution in [2.45, 2.75) is 52.1 Å². The van der Waals surface area contributed by atoms with Crippen LogP contribution in [0, 0.1) is 13.8 Å². The summed E-state index contributed by atoms with van der Waals surface area (Å²) in [5.41, 5.74) is 1.13. The van der Waals surface area contributed by atoms with Crippen LogP contribution in [0.4, 0.5) is 0 Å². The van der Waals surface area contributed by atoms with Gasteiger partial charge in [-0.3, -0.25) is 9.59 Å². The molecular formula is C16H21N5O2. The maximum absolute atomic E-state index is 12.2. The third kappa shape index (κ3) is 3.49. The minimum atomic E-state index is -0.150. The predicted octanol–water partition coefficient (Wildman–Crippen LogP) is 0.647. The average molecular weight is 315 g/mol. The van der Waals surface area contributed by atoms with Gasteiger partial charge in [-0.25, -0.2) is 9.97 Å². The molecule has 1 aliphatic rings. The van der Waals surface area contributed by atoms with E-state index in [1.165, 1.54) is 0 Å². The van der Waals surface area contributed by atoms with E-state index < -0.39 is 0 Å². The molecule has 3 rings (SSSR count). The Labute approximate surface area is 134 Å². The molecule has 2 aromatic rings. The molecule has 0 radical (unpaired) electrons. The third-order valence-corrected chi connectivity index (χ3v) is 4.24. The first-order valence-electron chi connectivity index (χ1n) is 7.88. The maximum Gasteiger partial charge on any atom is 0.254 e. The summed E-state index contributed by atoms with van der Waals surface area (Å²) in [5.74, 6) is 1.64. The molecule has 0 saturated heterocycles. The number of fused-ring (bicyclic) bond motifs is 1. The number of nitrogens with zero attached hydrogens (tertiary/aromatic N) is 3. The van der Waals surface area contributed by atoms with Gasteiger partial charge in [0.2, 0.25) is 5.91 Å². The number of imidazole rings is 1. The van der Waals surface area contributed by atoms with Gasteiger partial charge in [-0.05, 0) is 26.7 Å². The van der Waals surface area contributed by atoms with Crippen LogP contribution in [0.1, 0.15) is 35.7 Å². The van der Waals surface area contributed by atoms with Gasteiger partial charge in [0.15, 0.2) is 0 Å². The van der Waals surface area contributed by atoms with Gasteiger partial charge in [-0.2, -0.15) is 0 Å². The number of aromatic nitrogens is 4. The van der Waals surface area contributed by atoms with Gasteiger partial charge in [-0.15, -0.1) is 0 Å². The van der Waals surface area contributed by atoms with Crippen LogP contribution in [0.15, 0.2) is 17.2 Å². The number of rotatable bonds is 4. The van der Waals surface area contributed by atoms with Crippen molar-refractivity contribution in [1.29, 1.82) is 0 Å². The Kier molecular flexibility index (Phi) is 4.27. The quantitative estimate of drug-likeness (QED) is 0.866. The fourth-order valence-electron chi connectivity index (χ4n) is 3.07. The fourth-order valence-corrected chi connectivity index (χ4v) is 3.07. The second kappa shape index (κ2) is 6.36. The molecule has 3 heterocycles. The highest BCUT2D eigenvalue weighted by Crippen LogP contribution is 2.13. The lowest BCUT2D eigenvalue weighted by molar-refractivity contribution is -0.122. The summed E-state index contributed by atoms with van der Waals surface area (Å²) in [6, 6.07) is 0.125. The number of carbonyl (C=O) groups excluding carboxylic acids is 1. The topological polar surface area (TPSA) is 92.7 Å². The molecule has 122 valence electrons. The third-order valence-electron chi connectivity index (χ3n) is 4.24. The fraction of sp³-hybridized carbons (Fsp3) is 0.500. The van der Waals surface area contributed by atoms with Crippen LogP contribution in [0.25, 0.3) is 0 Å². The molecule has 2 N–H and O–H groups in total. The Morgan fingerprint density at radius 2 is 2.30 bits per heavy atom. The van der Waals surface area contributed by atoms with E-state index >= 15 is 0 Å². The number of aryl methyl sites for hydroxylation is 3. The van der Waals surface area contributed by atoms with E-state index in [1.54, 1.807) is 20.0 Å². The lowest BCUT2D eigenvalue weighted by atomic mass is 10.1. The molecule has 7 heteroatoms. The van der Waals surface area contributed by atoms with E-state index in [1.807, 2.05) is 6.20 Å². The molecular weight excluding hydrogens is 294 g/mol. The second-order valence-corrected chi connectivity index (χ2v) is 6.01. The number of aromatic amines is 1. The summed E-state index contributed by atoms with van der Waals surface area (Å²) >= 11 is 0. The first-order valence-corrected chi connectivity index (χ1v) is 7.88. The highest BCUT2D eigenvalue weighted by atomic mass is 16.1. The molecule has 0 unspecified atom stereocenters. The van der Waals surface area contributed by atoms with Crippen molar-refractivity contribution in [2.24, 2.45) is 0 Å². The van der Waals surface area contributed by atoms with Gasteiger partial charge in [0.1, 0.15) is 11.6 Å². The van der Waals surface area contributed by atoms with Crippen molar-refractivity contribution in [3.63, 3.8) is 0 Å². The first kappa shape index (κ1) is 15.5. The number of hydrogen-bond acceptors (Lipinski definition) is 4. The largest absolute Gasteiger partial charge is 0.352 e. The molecule has 0 aromatic carbocycles. The van der Waals surface area contributed by atoms with Crippen molar-refractivity contribution in [3.05, 3.63) is 45.7 Å². The molecule has 1 amide bonds. The van der Waals surface area contributed by atoms with Crippen LogP contribution < -0.4 is 10.9 Å². The van der Waals surface area contributed by atoms with Crippen LogP contribution >= 0.6 is 0 Å². The Hall–Kier alpha value is -2.44. The van der Waals surface area contributed by atoms with Crippen molar-refractivity contribution < 1.29 is 4.79 Å². The zero-order valence-corrected chi connectivity index (χ0v) is 13.4. The molecule has 0 spiro atoms. The van der Waals surface area contributed by atoms with E-state index in [0.717, 1.165) is 25.2 Å². The molecule has 0 saturated carbocycles. The molecule has 0 aliphatic carbocycles. The lowest BCUT2D eigenvalue weighted by Crippen LogP contribution is -2.41. The molecule has 7 nitrogen and oxygen atoms in total. The summed E-state index contributed by atoms with van der Waals surface area (Å²) in [4.78, 5) is 35.3.